The number of carbonyl (C=O) groups excluding carboxylic acids is 1. The summed E-state index contributed by atoms with van der Waals surface area (Å²) < 4.78 is 34.4. The molecule has 12 heteroatoms. The van der Waals surface area contributed by atoms with Gasteiger partial charge in [0.1, 0.15) is 17.3 Å². The van der Waals surface area contributed by atoms with Gasteiger partial charge < -0.3 is 24.7 Å². The molecule has 4 aromatic rings. The monoisotopic (exact) mass is 704 g/mol. The Balaban J connectivity index is 1.76. The van der Waals surface area contributed by atoms with Crippen molar-refractivity contribution in [2.24, 2.45) is 0 Å². The fraction of sp³-hybridized carbons (Fsp3) is 0.395. The molecule has 0 bridgehead atoms. The van der Waals surface area contributed by atoms with Crippen molar-refractivity contribution in [1.29, 1.82) is 0 Å². The van der Waals surface area contributed by atoms with Gasteiger partial charge in [0.25, 0.3) is 5.56 Å². The summed E-state index contributed by atoms with van der Waals surface area (Å²) in [7, 11) is 3.98. The molecule has 264 valence electrons. The van der Waals surface area contributed by atoms with E-state index in [0.29, 0.717) is 59.9 Å². The molecule has 0 spiro atoms. The normalized spacial score (nSPS) is 17.5. The predicted molar refractivity (Wildman–Crippen MR) is 196 cm³/mol. The number of aryl methyl sites for hydroxylation is 1. The maximum absolute atomic E-state index is 17.6. The highest BCUT2D eigenvalue weighted by Gasteiger charge is 2.42. The Bertz CT molecular complexity index is 2050. The number of rotatable bonds is 8. The molecule has 2 atom stereocenters. The van der Waals surface area contributed by atoms with Crippen LogP contribution in [-0.4, -0.2) is 89.3 Å². The highest BCUT2D eigenvalue weighted by molar-refractivity contribution is 6.34. The van der Waals surface area contributed by atoms with Crippen LogP contribution >= 0.6 is 11.6 Å². The SMILES string of the molecule is C=CC(=O)N1CC2CN(CCCN(C)C)c3c(c4cc(Cl)c(-c5c(O)cccc5F)c(F)c4n(-c4c(C)ccnc4C(C)C)c3=O)N2CC1C. The number of aromatic nitrogens is 2. The molecular weight excluding hydrogens is 662 g/mol. The summed E-state index contributed by atoms with van der Waals surface area (Å²) in [6.07, 6.45) is 3.72. The van der Waals surface area contributed by atoms with Crippen LogP contribution in [-0.2, 0) is 4.79 Å². The number of nitrogens with zero attached hydrogens (tertiary/aromatic N) is 6. The molecule has 1 amide bonds. The van der Waals surface area contributed by atoms with E-state index >= 15 is 13.6 Å². The number of piperazine rings is 1. The number of hydrogen-bond donors (Lipinski definition) is 1. The number of amides is 1. The first-order chi connectivity index (χ1) is 23.8. The third kappa shape index (κ3) is 5.90. The summed E-state index contributed by atoms with van der Waals surface area (Å²) in [5.74, 6) is -2.60. The van der Waals surface area contributed by atoms with Crippen molar-refractivity contribution in [2.45, 2.75) is 52.1 Å². The molecule has 0 radical (unpaired) electrons. The minimum absolute atomic E-state index is 0.0973. The van der Waals surface area contributed by atoms with Crippen LogP contribution in [0, 0.1) is 18.6 Å². The lowest BCUT2D eigenvalue weighted by molar-refractivity contribution is -0.128. The highest BCUT2D eigenvalue weighted by Crippen LogP contribution is 2.47. The number of phenolic OH excluding ortho intramolecular Hbond substituents is 1. The number of halogens is 3. The Labute approximate surface area is 296 Å². The van der Waals surface area contributed by atoms with Gasteiger partial charge in [-0.05, 0) is 82.7 Å². The van der Waals surface area contributed by atoms with Gasteiger partial charge in [-0.2, -0.15) is 0 Å². The van der Waals surface area contributed by atoms with Gasteiger partial charge in [-0.1, -0.05) is 38.1 Å². The van der Waals surface area contributed by atoms with Crippen LogP contribution in [0.2, 0.25) is 5.02 Å². The maximum atomic E-state index is 17.6. The second kappa shape index (κ2) is 13.7. The van der Waals surface area contributed by atoms with Crippen molar-refractivity contribution in [3.63, 3.8) is 0 Å². The van der Waals surface area contributed by atoms with Gasteiger partial charge >= 0.3 is 0 Å². The summed E-state index contributed by atoms with van der Waals surface area (Å²) in [4.78, 5) is 40.9. The molecule has 50 heavy (non-hydrogen) atoms. The quantitative estimate of drug-likeness (QED) is 0.210. The van der Waals surface area contributed by atoms with E-state index in [1.165, 1.54) is 22.8 Å². The number of anilines is 2. The largest absolute Gasteiger partial charge is 0.507 e. The standard InChI is InChI=1S/C38H43ClF2N6O3/c1-8-29(49)45-20-24-19-44(16-10-15-43(6)7)37-36(46(24)18-23(45)5)25-17-26(39)30(31-27(40)11-9-12-28(31)48)32(41)35(25)47(38(37)50)34-22(4)13-14-42-33(34)21(2)3/h8-9,11-14,17,21,23-24,48H,1,10,15-16,18-20H2,2-7H3. The summed E-state index contributed by atoms with van der Waals surface area (Å²) in [5.41, 5.74) is 1.36. The number of phenols is 1. The molecule has 0 aliphatic carbocycles. The molecule has 2 aromatic carbocycles. The van der Waals surface area contributed by atoms with Crippen molar-refractivity contribution in [3.05, 3.63) is 87.5 Å². The van der Waals surface area contributed by atoms with E-state index in [-0.39, 0.29) is 40.0 Å². The molecule has 2 aliphatic rings. The van der Waals surface area contributed by atoms with Crippen LogP contribution in [0.3, 0.4) is 0 Å². The molecule has 1 saturated heterocycles. The van der Waals surface area contributed by atoms with Crippen molar-refractivity contribution < 1.29 is 18.7 Å². The van der Waals surface area contributed by atoms with Crippen molar-refractivity contribution in [2.75, 3.05) is 56.6 Å². The predicted octanol–water partition coefficient (Wildman–Crippen LogP) is 6.49. The summed E-state index contributed by atoms with van der Waals surface area (Å²) >= 11 is 6.90. The van der Waals surface area contributed by atoms with Gasteiger partial charge in [0.05, 0.1) is 39.2 Å². The number of aromatic hydroxyl groups is 1. The van der Waals surface area contributed by atoms with Gasteiger partial charge in [-0.15, -0.1) is 0 Å². The Morgan fingerprint density at radius 1 is 1.14 bits per heavy atom. The Morgan fingerprint density at radius 3 is 2.54 bits per heavy atom. The van der Waals surface area contributed by atoms with Gasteiger partial charge in [-0.3, -0.25) is 19.1 Å². The fourth-order valence-corrected chi connectivity index (χ4v) is 7.81. The number of fused-ring (bicyclic) bond motifs is 5. The fourth-order valence-electron chi connectivity index (χ4n) is 7.53. The number of carbonyl (C=O) groups is 1. The Kier molecular flexibility index (Phi) is 9.67. The molecule has 1 N–H and O–H groups in total. The maximum Gasteiger partial charge on any atom is 0.281 e. The van der Waals surface area contributed by atoms with Gasteiger partial charge in [0.2, 0.25) is 5.91 Å². The van der Waals surface area contributed by atoms with E-state index < -0.39 is 28.5 Å². The second-order valence-electron chi connectivity index (χ2n) is 13.9. The van der Waals surface area contributed by atoms with Crippen molar-refractivity contribution >= 4 is 39.8 Å². The minimum atomic E-state index is -0.944. The van der Waals surface area contributed by atoms with Crippen LogP contribution in [0.25, 0.3) is 27.7 Å². The van der Waals surface area contributed by atoms with E-state index in [0.717, 1.165) is 19.0 Å². The van der Waals surface area contributed by atoms with Gasteiger partial charge in [0, 0.05) is 49.4 Å². The zero-order valence-corrected chi connectivity index (χ0v) is 30.1. The average Bonchev–Trinajstić information content (AvgIpc) is 3.05. The first-order valence-corrected chi connectivity index (χ1v) is 17.3. The van der Waals surface area contributed by atoms with Gasteiger partial charge in [-0.25, -0.2) is 8.78 Å². The topological polar surface area (TPSA) is 85.1 Å². The first-order valence-electron chi connectivity index (χ1n) is 16.9. The van der Waals surface area contributed by atoms with Crippen LogP contribution in [0.4, 0.5) is 20.2 Å². The lowest BCUT2D eigenvalue weighted by Gasteiger charge is -2.52. The second-order valence-corrected chi connectivity index (χ2v) is 14.3. The van der Waals surface area contributed by atoms with Crippen LogP contribution in [0.5, 0.6) is 5.75 Å². The zero-order chi connectivity index (χ0) is 36.2. The molecular formula is C38H43ClF2N6O3. The average molecular weight is 705 g/mol. The third-order valence-corrected chi connectivity index (χ3v) is 10.1. The zero-order valence-electron chi connectivity index (χ0n) is 29.3. The Hall–Kier alpha value is -4.48. The van der Waals surface area contributed by atoms with E-state index in [9.17, 15) is 9.90 Å². The number of hydrogen-bond acceptors (Lipinski definition) is 7. The highest BCUT2D eigenvalue weighted by atomic mass is 35.5. The first kappa shape index (κ1) is 35.3. The lowest BCUT2D eigenvalue weighted by Crippen LogP contribution is -2.64. The summed E-state index contributed by atoms with van der Waals surface area (Å²) in [6, 6.07) is 6.58. The molecule has 4 heterocycles. The smallest absolute Gasteiger partial charge is 0.281 e. The minimum Gasteiger partial charge on any atom is -0.507 e. The van der Waals surface area contributed by atoms with Crippen LogP contribution in [0.1, 0.15) is 44.4 Å². The van der Waals surface area contributed by atoms with Crippen LogP contribution in [0.15, 0.2) is 54.0 Å². The van der Waals surface area contributed by atoms with Crippen LogP contribution < -0.4 is 15.4 Å². The molecule has 0 saturated carbocycles. The van der Waals surface area contributed by atoms with E-state index in [2.05, 4.69) is 21.4 Å². The van der Waals surface area contributed by atoms with Crippen molar-refractivity contribution in [1.82, 2.24) is 19.4 Å². The summed E-state index contributed by atoms with van der Waals surface area (Å²) in [6.45, 7) is 13.9. The molecule has 1 fully saturated rings. The van der Waals surface area contributed by atoms with E-state index in [4.69, 9.17) is 11.6 Å². The molecule has 2 aromatic heterocycles. The summed E-state index contributed by atoms with van der Waals surface area (Å²) in [5, 5.41) is 11.0. The third-order valence-electron chi connectivity index (χ3n) is 9.83. The molecule has 9 nitrogen and oxygen atoms in total. The van der Waals surface area contributed by atoms with E-state index in [1.807, 2.05) is 46.7 Å². The Morgan fingerprint density at radius 2 is 1.88 bits per heavy atom. The van der Waals surface area contributed by atoms with E-state index in [1.54, 1.807) is 23.2 Å². The molecule has 2 unspecified atom stereocenters. The molecule has 6 rings (SSSR count). The van der Waals surface area contributed by atoms with Crippen molar-refractivity contribution in [3.8, 4) is 22.6 Å². The van der Waals surface area contributed by atoms with Gasteiger partial charge in [0.15, 0.2) is 5.82 Å². The lowest BCUT2D eigenvalue weighted by atomic mass is 9.95. The molecule has 2 aliphatic heterocycles. The number of benzene rings is 2. The number of pyridine rings is 2.